The highest BCUT2D eigenvalue weighted by atomic mass is 35.5. The van der Waals surface area contributed by atoms with Gasteiger partial charge in [-0.3, -0.25) is 44.0 Å². The molecule has 14 nitrogen and oxygen atoms in total. The summed E-state index contributed by atoms with van der Waals surface area (Å²) in [7, 11) is 0. The van der Waals surface area contributed by atoms with E-state index in [9.17, 15) is 41.5 Å². The summed E-state index contributed by atoms with van der Waals surface area (Å²) in [5, 5.41) is 9.18. The lowest BCUT2D eigenvalue weighted by Gasteiger charge is -2.20. The van der Waals surface area contributed by atoms with Crippen LogP contribution in [-0.4, -0.2) is 116 Å². The molecule has 0 radical (unpaired) electrons. The van der Waals surface area contributed by atoms with Crippen LogP contribution in [0, 0.1) is 76.5 Å². The Balaban J connectivity index is 0.000000110. The van der Waals surface area contributed by atoms with Gasteiger partial charge >= 0.3 is 6.03 Å². The molecule has 4 saturated heterocycles. The summed E-state index contributed by atoms with van der Waals surface area (Å²) in [6.07, 6.45) is 18.3. The van der Waals surface area contributed by atoms with Crippen molar-refractivity contribution < 1.29 is 46.3 Å². The molecule has 14 atom stereocenters. The van der Waals surface area contributed by atoms with Gasteiger partial charge in [-0.15, -0.1) is 0 Å². The summed E-state index contributed by atoms with van der Waals surface area (Å²) in [5.74, 6) is 4.41. The first-order valence-corrected chi connectivity index (χ1v) is 43.6. The van der Waals surface area contributed by atoms with E-state index in [1.807, 2.05) is 84.0 Å². The maximum Gasteiger partial charge on any atom is 0.321 e. The number of fused-ring (bicyclic) bond motifs is 10. The van der Waals surface area contributed by atoms with E-state index in [1.165, 1.54) is 35.4 Å². The monoisotopic (exact) mass is 1700 g/mol. The van der Waals surface area contributed by atoms with Gasteiger partial charge in [0.2, 0.25) is 5.78 Å². The van der Waals surface area contributed by atoms with Crippen molar-refractivity contribution in [3.05, 3.63) is 301 Å². The highest BCUT2D eigenvalue weighted by Crippen LogP contribution is 2.68. The van der Waals surface area contributed by atoms with Crippen LogP contribution >= 0.6 is 46.4 Å². The molecule has 12 aromatic rings. The van der Waals surface area contributed by atoms with E-state index in [0.717, 1.165) is 161 Å². The molecule has 5 saturated carbocycles. The lowest BCUT2D eigenvalue weighted by Crippen LogP contribution is -2.36. The second kappa shape index (κ2) is 35.1. The van der Waals surface area contributed by atoms with E-state index in [2.05, 4.69) is 36.2 Å². The summed E-state index contributed by atoms with van der Waals surface area (Å²) in [6, 6.07) is 56.3. The molecule has 1 N–H and O–H groups in total. The molecule has 0 spiro atoms. The van der Waals surface area contributed by atoms with Crippen molar-refractivity contribution in [2.75, 3.05) is 51.1 Å². The Labute approximate surface area is 719 Å². The van der Waals surface area contributed by atoms with E-state index < -0.39 is 5.91 Å². The molecule has 9 aliphatic rings. The fourth-order valence-corrected chi connectivity index (χ4v) is 22.4. The number of ketones is 3. The number of halogens is 8. The van der Waals surface area contributed by atoms with Crippen LogP contribution < -0.4 is 5.32 Å². The summed E-state index contributed by atoms with van der Waals surface area (Å²) in [6.45, 7) is 5.23. The first-order valence-electron chi connectivity index (χ1n) is 42.1. The van der Waals surface area contributed by atoms with Gasteiger partial charge < -0.3 is 19.9 Å². The maximum atomic E-state index is 13.9. The first kappa shape index (κ1) is 81.9. The quantitative estimate of drug-likeness (QED) is 0.0554. The van der Waals surface area contributed by atoms with Crippen molar-refractivity contribution in [2.24, 2.45) is 53.3 Å². The second-order valence-electron chi connectivity index (χ2n) is 35.0. The Morgan fingerprint density at radius 3 is 1.22 bits per heavy atom. The number of pyridine rings is 4. The molecule has 3 unspecified atom stereocenters. The van der Waals surface area contributed by atoms with Gasteiger partial charge in [-0.1, -0.05) is 82.8 Å². The number of carbonyl (C=O) groups excluding carboxylic acids is 5. The number of hydrogen-bond donors (Lipinski definition) is 1. The van der Waals surface area contributed by atoms with E-state index in [0.29, 0.717) is 136 Å². The molecule has 22 heteroatoms. The largest absolute Gasteiger partial charge is 0.361 e. The van der Waals surface area contributed by atoms with Gasteiger partial charge in [0.15, 0.2) is 5.78 Å². The number of ether oxygens (including phenoxy) is 1. The van der Waals surface area contributed by atoms with Gasteiger partial charge in [-0.2, -0.15) is 0 Å². The van der Waals surface area contributed by atoms with Gasteiger partial charge in [0.25, 0.3) is 5.91 Å². The zero-order valence-corrected chi connectivity index (χ0v) is 69.6. The molecule has 8 heterocycles. The number of urea groups is 1. The van der Waals surface area contributed by atoms with Gasteiger partial charge in [-0.05, 0) is 325 Å². The third-order valence-electron chi connectivity index (χ3n) is 27.3. The van der Waals surface area contributed by atoms with E-state index in [1.54, 1.807) is 114 Å². The molecule has 9 fully saturated rings. The average Bonchev–Trinajstić information content (AvgIpc) is 1.51. The van der Waals surface area contributed by atoms with Gasteiger partial charge in [-0.25, -0.2) is 22.4 Å². The Bertz CT molecular complexity index is 5900. The number of aromatic nitrogens is 4. The predicted molar refractivity (Wildman–Crippen MR) is 465 cm³/mol. The van der Waals surface area contributed by atoms with Crippen LogP contribution in [0.25, 0.3) is 43.6 Å². The van der Waals surface area contributed by atoms with Gasteiger partial charge in [0, 0.05) is 137 Å². The lowest BCUT2D eigenvalue weighted by atomic mass is 9.88. The van der Waals surface area contributed by atoms with Crippen LogP contribution in [-0.2, 0) is 48.8 Å². The van der Waals surface area contributed by atoms with Crippen LogP contribution in [0.15, 0.2) is 219 Å². The molecule has 618 valence electrons. The van der Waals surface area contributed by atoms with Crippen molar-refractivity contribution in [2.45, 2.75) is 113 Å². The Morgan fingerprint density at radius 2 is 0.785 bits per heavy atom. The Hall–Kier alpha value is -10.1. The van der Waals surface area contributed by atoms with E-state index in [4.69, 9.17) is 51.1 Å². The Kier molecular flexibility index (Phi) is 23.7. The van der Waals surface area contributed by atoms with Crippen LogP contribution in [0.1, 0.15) is 121 Å². The predicted octanol–water partition coefficient (Wildman–Crippen LogP) is 21.6. The Morgan fingerprint density at radius 1 is 0.405 bits per heavy atom. The van der Waals surface area contributed by atoms with Crippen molar-refractivity contribution >= 4 is 125 Å². The highest BCUT2D eigenvalue weighted by Gasteiger charge is 2.70. The number of Topliss-reactive ketones (excluding diaryl/α,β-unsaturated/α-hetero) is 3. The number of carbonyl (C=O) groups is 5. The third-order valence-corrected chi connectivity index (χ3v) is 28.3. The van der Waals surface area contributed by atoms with Gasteiger partial charge in [0.05, 0.1) is 34.7 Å². The number of nitrogens with zero attached hydrogens (tertiary/aromatic N) is 7. The molecule has 5 aliphatic carbocycles. The zero-order chi connectivity index (χ0) is 83.3. The SMILES string of the molecule is O=C(Cc1ccc(Cl)cc1)C(=O)N1C[C@H]2CC(c3ccnc4ccc(F)cc34)C[C@H]2C1.O=C(Cc1ccc(Cl)cc1)CN1C[C@H]2CC(c3ccnc4ccc(F)cc34)C[C@H]2C1.O=C(Cc1ccc(Cl)cc1)C[C@@H]1C[C@@H]2C[C@@]3(c4ccnc5ccc(F)cc45)O[C@H]3[C@@H]2C1.O=C(Nc1ccc(Cl)cc1)N1C[C@H]2CC(c3ccnc4ccc(F)cc34)C[C@H]2C1. The second-order valence-corrected chi connectivity index (χ2v) is 36.8. The zero-order valence-electron chi connectivity index (χ0n) is 66.5. The lowest BCUT2D eigenvalue weighted by molar-refractivity contribution is -0.143. The highest BCUT2D eigenvalue weighted by molar-refractivity contribution is 6.36. The number of epoxide rings is 1. The molecule has 0 bridgehead atoms. The third kappa shape index (κ3) is 18.1. The van der Waals surface area contributed by atoms with E-state index in [-0.39, 0.29) is 59.0 Å². The number of benzene rings is 8. The number of nitrogens with one attached hydrogen (secondary N) is 1. The number of hydrogen-bond acceptors (Lipinski definition) is 11. The maximum absolute atomic E-state index is 13.9. The normalized spacial score (nSPS) is 25.2. The van der Waals surface area contributed by atoms with Crippen molar-refractivity contribution in [3.8, 4) is 0 Å². The summed E-state index contributed by atoms with van der Waals surface area (Å²) in [4.78, 5) is 86.4. The molecule has 4 aliphatic heterocycles. The minimum atomic E-state index is -0.391. The smallest absolute Gasteiger partial charge is 0.321 e. The molecule has 8 aromatic carbocycles. The molecule has 4 aromatic heterocycles. The fourth-order valence-electron chi connectivity index (χ4n) is 21.9. The summed E-state index contributed by atoms with van der Waals surface area (Å²) >= 11 is 23.6. The number of likely N-dealkylation sites (tertiary alicyclic amines) is 3. The molecular formula is C99H90Cl4F4N8O6. The average molecular weight is 1710 g/mol. The van der Waals surface area contributed by atoms with Crippen molar-refractivity contribution in [1.82, 2.24) is 34.6 Å². The van der Waals surface area contributed by atoms with Gasteiger partial charge in [0.1, 0.15) is 34.7 Å². The number of rotatable bonds is 16. The minimum absolute atomic E-state index is 0.0605. The van der Waals surface area contributed by atoms with Crippen LogP contribution in [0.3, 0.4) is 0 Å². The standard InChI is InChI=1S/C26H23ClFNO2.C25H22ClFN2O2.C25H24ClFN2O.C23H21ClFN3O/c27-18-3-1-15(2-4-18)10-20(30)11-16-9-17-14-26(25(31-26)21(17)12-16)23-7-8-29-24-6-5-19(28)13-22(23)24;26-19-3-1-15(2-4-19)9-24(30)25(31)29-13-17-10-16(11-18(17)14-29)21-7-8-28-23-6-5-20(27)12-22(21)23;26-20-3-1-16(2-4-20)9-22(30)15-29-13-18-10-17(11-19(18)14-29)23-7-8-28-25-6-5-21(27)12-24(23)25;24-17-1-4-19(5-2-17)27-23(29)28-12-15-9-14(10-16(15)13-28)20-7-8-26-22-6-3-18(25)11-21(20)22/h1-8,13,16-17,21,25H,9-12,14H2;1-8,12,16-18H,9-11,13-14H2;1-8,12,17-19H,9-11,13-15H2;1-8,11,14-16H,9-10,12-13H2,(H,27,29)/t16-,17+,21+,25-,26-;16?,17-,18+;17?,18-,19+;14?,15-,16+/m0.../s1. The van der Waals surface area contributed by atoms with Crippen LogP contribution in [0.5, 0.6) is 0 Å². The number of amides is 3. The number of anilines is 1. The van der Waals surface area contributed by atoms with Crippen LogP contribution in [0.4, 0.5) is 28.0 Å². The van der Waals surface area contributed by atoms with Crippen molar-refractivity contribution in [1.29, 1.82) is 0 Å². The first-order chi connectivity index (χ1) is 58.6. The topological polar surface area (TPSA) is 171 Å². The fraction of sp³-hybridized carbons (Fsp3) is 0.343. The van der Waals surface area contributed by atoms with E-state index >= 15 is 0 Å². The molecule has 21 rings (SSSR count). The minimum Gasteiger partial charge on any atom is -0.361 e. The molecule has 121 heavy (non-hydrogen) atoms. The van der Waals surface area contributed by atoms with Crippen LogP contribution in [0.2, 0.25) is 20.1 Å². The molecule has 3 amide bonds. The summed E-state index contributed by atoms with van der Waals surface area (Å²) in [5.41, 5.74) is 11.2. The molecular weight excluding hydrogens is 1610 g/mol. The van der Waals surface area contributed by atoms with Crippen molar-refractivity contribution in [3.63, 3.8) is 0 Å². The summed E-state index contributed by atoms with van der Waals surface area (Å²) < 4.78 is 61.6.